The average Bonchev–Trinajstić information content (AvgIpc) is 2.89. The zero-order valence-electron chi connectivity index (χ0n) is 19.8. The third-order valence-corrected chi connectivity index (χ3v) is 6.47. The number of aryl methyl sites for hydroxylation is 1. The quantitative estimate of drug-likeness (QED) is 0.380. The van der Waals surface area contributed by atoms with E-state index < -0.39 is 5.97 Å². The number of aromatic nitrogens is 1. The first kappa shape index (κ1) is 23.9. The molecule has 0 unspecified atom stereocenters. The lowest BCUT2D eigenvalue weighted by Gasteiger charge is -2.39. The topological polar surface area (TPSA) is 65.9 Å². The van der Waals surface area contributed by atoms with Gasteiger partial charge in [0, 0.05) is 31.9 Å². The Balaban J connectivity index is 1.27. The fourth-order valence-corrected chi connectivity index (χ4v) is 4.65. The fraction of sp³-hybridized carbons (Fsp3) is 0.357. The van der Waals surface area contributed by atoms with Crippen molar-refractivity contribution in [1.82, 2.24) is 14.8 Å². The highest BCUT2D eigenvalue weighted by Gasteiger charge is 2.26. The molecule has 1 saturated heterocycles. The molecule has 1 aliphatic heterocycles. The Morgan fingerprint density at radius 3 is 2.12 bits per heavy atom. The van der Waals surface area contributed by atoms with Crippen LogP contribution in [0, 0.1) is 0 Å². The first-order chi connectivity index (χ1) is 16.7. The first-order valence-corrected chi connectivity index (χ1v) is 12.0. The number of pyridine rings is 1. The summed E-state index contributed by atoms with van der Waals surface area (Å²) in [6.45, 7) is 5.24. The lowest BCUT2D eigenvalue weighted by molar-refractivity contribution is 0.0590. The SMILES string of the molecule is COC(=O)c1nc(CCCCN2CCN(C(c3ccccc3)c3ccccc3)CC2)ccc1O. The number of methoxy groups -OCH3 is 1. The molecule has 34 heavy (non-hydrogen) atoms. The van der Waals surface area contributed by atoms with Crippen molar-refractivity contribution >= 4 is 5.97 Å². The zero-order chi connectivity index (χ0) is 23.8. The molecule has 2 aromatic carbocycles. The van der Waals surface area contributed by atoms with Gasteiger partial charge in [-0.15, -0.1) is 0 Å². The third-order valence-electron chi connectivity index (χ3n) is 6.47. The minimum atomic E-state index is -0.610. The maximum atomic E-state index is 11.7. The van der Waals surface area contributed by atoms with E-state index in [4.69, 9.17) is 0 Å². The number of carbonyl (C=O) groups is 1. The highest BCUT2D eigenvalue weighted by Crippen LogP contribution is 2.29. The van der Waals surface area contributed by atoms with Crippen molar-refractivity contribution in [3.63, 3.8) is 0 Å². The molecule has 0 saturated carbocycles. The van der Waals surface area contributed by atoms with Gasteiger partial charge in [-0.3, -0.25) is 4.90 Å². The second-order valence-electron chi connectivity index (χ2n) is 8.72. The number of carbonyl (C=O) groups excluding carboxylic acids is 1. The predicted octanol–water partition coefficient (Wildman–Crippen LogP) is 4.30. The minimum Gasteiger partial charge on any atom is -0.505 e. The van der Waals surface area contributed by atoms with Crippen molar-refractivity contribution in [1.29, 1.82) is 0 Å². The summed E-state index contributed by atoms with van der Waals surface area (Å²) < 4.78 is 4.69. The number of aromatic hydroxyl groups is 1. The molecule has 1 N–H and O–H groups in total. The van der Waals surface area contributed by atoms with Gasteiger partial charge in [-0.25, -0.2) is 9.78 Å². The van der Waals surface area contributed by atoms with Crippen molar-refractivity contribution in [2.45, 2.75) is 25.3 Å². The summed E-state index contributed by atoms with van der Waals surface area (Å²) in [4.78, 5) is 21.1. The third kappa shape index (κ3) is 6.01. The van der Waals surface area contributed by atoms with E-state index in [0.29, 0.717) is 0 Å². The molecule has 0 spiro atoms. The maximum Gasteiger partial charge on any atom is 0.360 e. The van der Waals surface area contributed by atoms with E-state index >= 15 is 0 Å². The maximum absolute atomic E-state index is 11.7. The van der Waals surface area contributed by atoms with Crippen molar-refractivity contribution < 1.29 is 14.6 Å². The Morgan fingerprint density at radius 2 is 1.53 bits per heavy atom. The zero-order valence-corrected chi connectivity index (χ0v) is 19.8. The number of rotatable bonds is 9. The fourth-order valence-electron chi connectivity index (χ4n) is 4.65. The number of hydrogen-bond donors (Lipinski definition) is 1. The first-order valence-electron chi connectivity index (χ1n) is 12.0. The van der Waals surface area contributed by atoms with Gasteiger partial charge in [-0.05, 0) is 49.1 Å². The van der Waals surface area contributed by atoms with Crippen molar-refractivity contribution in [2.75, 3.05) is 39.8 Å². The Labute approximate surface area is 201 Å². The molecule has 3 aromatic rings. The molecule has 4 rings (SSSR count). The van der Waals surface area contributed by atoms with Gasteiger partial charge in [-0.1, -0.05) is 60.7 Å². The van der Waals surface area contributed by atoms with Gasteiger partial charge in [0.25, 0.3) is 0 Å². The molecule has 0 bridgehead atoms. The van der Waals surface area contributed by atoms with Crippen LogP contribution >= 0.6 is 0 Å². The molecule has 0 radical (unpaired) electrons. The monoisotopic (exact) mass is 459 g/mol. The van der Waals surface area contributed by atoms with Crippen LogP contribution in [-0.4, -0.2) is 65.7 Å². The molecule has 6 heteroatoms. The van der Waals surface area contributed by atoms with E-state index in [2.05, 4.69) is 80.2 Å². The van der Waals surface area contributed by atoms with Crippen LogP contribution in [0.2, 0.25) is 0 Å². The molecule has 2 heterocycles. The average molecular weight is 460 g/mol. The van der Waals surface area contributed by atoms with E-state index in [0.717, 1.165) is 57.7 Å². The molecule has 0 aliphatic carbocycles. The van der Waals surface area contributed by atoms with E-state index in [1.165, 1.54) is 24.3 Å². The number of hydrogen-bond acceptors (Lipinski definition) is 6. The summed E-state index contributed by atoms with van der Waals surface area (Å²) in [5.74, 6) is -0.751. The van der Waals surface area contributed by atoms with Crippen LogP contribution in [0.15, 0.2) is 72.8 Å². The van der Waals surface area contributed by atoms with E-state index in [1.54, 1.807) is 6.07 Å². The van der Waals surface area contributed by atoms with Crippen LogP contribution in [0.4, 0.5) is 0 Å². The molecular formula is C28H33N3O3. The largest absolute Gasteiger partial charge is 0.505 e. The lowest BCUT2D eigenvalue weighted by Crippen LogP contribution is -2.48. The predicted molar refractivity (Wildman–Crippen MR) is 133 cm³/mol. The molecule has 178 valence electrons. The van der Waals surface area contributed by atoms with Crippen LogP contribution in [0.1, 0.15) is 46.2 Å². The van der Waals surface area contributed by atoms with Gasteiger partial charge in [-0.2, -0.15) is 0 Å². The summed E-state index contributed by atoms with van der Waals surface area (Å²) in [7, 11) is 1.29. The Hall–Kier alpha value is -3.22. The number of benzene rings is 2. The van der Waals surface area contributed by atoms with Crippen molar-refractivity contribution in [2.24, 2.45) is 0 Å². The van der Waals surface area contributed by atoms with Crippen LogP contribution in [0.3, 0.4) is 0 Å². The molecule has 0 amide bonds. The van der Waals surface area contributed by atoms with Gasteiger partial charge >= 0.3 is 5.97 Å². The number of unbranched alkanes of at least 4 members (excludes halogenated alkanes) is 1. The number of esters is 1. The van der Waals surface area contributed by atoms with Crippen molar-refractivity contribution in [3.05, 3.63) is 95.3 Å². The van der Waals surface area contributed by atoms with E-state index in [9.17, 15) is 9.90 Å². The Kier molecular flexibility index (Phi) is 8.28. The molecule has 1 aromatic heterocycles. The second kappa shape index (κ2) is 11.8. The minimum absolute atomic E-state index is 0.0116. The van der Waals surface area contributed by atoms with Gasteiger partial charge in [0.2, 0.25) is 0 Å². The second-order valence-corrected chi connectivity index (χ2v) is 8.72. The van der Waals surface area contributed by atoms with Crippen LogP contribution in [0.25, 0.3) is 0 Å². The van der Waals surface area contributed by atoms with Gasteiger partial charge < -0.3 is 14.7 Å². The van der Waals surface area contributed by atoms with Crippen molar-refractivity contribution in [3.8, 4) is 5.75 Å². The van der Waals surface area contributed by atoms with Crippen LogP contribution in [-0.2, 0) is 11.2 Å². The smallest absolute Gasteiger partial charge is 0.360 e. The molecule has 6 nitrogen and oxygen atoms in total. The summed E-state index contributed by atoms with van der Waals surface area (Å²) in [5, 5.41) is 9.81. The normalized spacial score (nSPS) is 14.9. The molecule has 1 aliphatic rings. The Bertz CT molecular complexity index is 1010. The summed E-state index contributed by atoms with van der Waals surface area (Å²) in [6, 6.07) is 25.1. The highest BCUT2D eigenvalue weighted by atomic mass is 16.5. The molecular weight excluding hydrogens is 426 g/mol. The number of piperazine rings is 1. The van der Waals surface area contributed by atoms with E-state index in [-0.39, 0.29) is 17.5 Å². The number of nitrogens with zero attached hydrogens (tertiary/aromatic N) is 3. The Morgan fingerprint density at radius 1 is 0.912 bits per heavy atom. The van der Waals surface area contributed by atoms with Gasteiger partial charge in [0.15, 0.2) is 5.69 Å². The van der Waals surface area contributed by atoms with Gasteiger partial charge in [0.1, 0.15) is 5.75 Å². The van der Waals surface area contributed by atoms with Gasteiger partial charge in [0.05, 0.1) is 13.2 Å². The summed E-state index contributed by atoms with van der Waals surface area (Å²) in [5.41, 5.74) is 3.48. The standard InChI is InChI=1S/C28H33N3O3/c1-34-28(33)26-25(32)16-15-24(29-26)14-8-9-17-30-18-20-31(21-19-30)27(22-10-4-2-5-11-22)23-12-6-3-7-13-23/h2-7,10-13,15-16,27,32H,8-9,14,17-21H2,1H3. The lowest BCUT2D eigenvalue weighted by atomic mass is 9.96. The molecule has 1 fully saturated rings. The van der Waals surface area contributed by atoms with E-state index in [1.807, 2.05) is 0 Å². The number of ether oxygens (including phenoxy) is 1. The van der Waals surface area contributed by atoms with Crippen LogP contribution < -0.4 is 0 Å². The summed E-state index contributed by atoms with van der Waals surface area (Å²) in [6.07, 6.45) is 2.82. The molecule has 0 atom stereocenters. The summed E-state index contributed by atoms with van der Waals surface area (Å²) >= 11 is 0. The van der Waals surface area contributed by atoms with Crippen LogP contribution in [0.5, 0.6) is 5.75 Å². The highest BCUT2D eigenvalue weighted by molar-refractivity contribution is 5.90.